The van der Waals surface area contributed by atoms with Gasteiger partial charge in [-0.1, -0.05) is 36.0 Å². The third-order valence-electron chi connectivity index (χ3n) is 5.13. The molecular formula is C22H36O5. The lowest BCUT2D eigenvalue weighted by Crippen LogP contribution is -2.24. The van der Waals surface area contributed by atoms with Gasteiger partial charge >= 0.3 is 5.97 Å². The molecule has 0 saturated heterocycles. The molecule has 27 heavy (non-hydrogen) atoms. The molecule has 0 bridgehead atoms. The molecule has 1 aliphatic carbocycles. The highest BCUT2D eigenvalue weighted by atomic mass is 16.4. The number of aliphatic hydroxyl groups excluding tert-OH is 2. The van der Waals surface area contributed by atoms with Gasteiger partial charge in [0, 0.05) is 18.8 Å². The van der Waals surface area contributed by atoms with Gasteiger partial charge in [-0.3, -0.25) is 4.79 Å². The van der Waals surface area contributed by atoms with E-state index in [4.69, 9.17) is 5.11 Å². The van der Waals surface area contributed by atoms with Gasteiger partial charge in [-0.25, -0.2) is 0 Å². The molecule has 1 aliphatic rings. The second kappa shape index (κ2) is 11.4. The maximum absolute atomic E-state index is 10.5. The van der Waals surface area contributed by atoms with Gasteiger partial charge in [0.2, 0.25) is 0 Å². The van der Waals surface area contributed by atoms with Crippen LogP contribution in [0.1, 0.15) is 65.7 Å². The van der Waals surface area contributed by atoms with Crippen LogP contribution in [0.2, 0.25) is 0 Å². The Bertz CT molecular complexity index is 543. The minimum atomic E-state index is -0.948. The Hall–Kier alpha value is -1.43. The summed E-state index contributed by atoms with van der Waals surface area (Å²) in [6, 6.07) is 0. The Labute approximate surface area is 163 Å². The Balaban J connectivity index is 2.60. The van der Waals surface area contributed by atoms with Crippen LogP contribution >= 0.6 is 0 Å². The molecule has 0 aromatic heterocycles. The van der Waals surface area contributed by atoms with Gasteiger partial charge in [-0.05, 0) is 58.8 Å². The molecular weight excluding hydrogens is 344 g/mol. The average Bonchev–Trinajstić information content (AvgIpc) is 2.81. The van der Waals surface area contributed by atoms with Crippen LogP contribution in [-0.2, 0) is 4.79 Å². The quantitative estimate of drug-likeness (QED) is 0.324. The monoisotopic (exact) mass is 380 g/mol. The Morgan fingerprint density at radius 3 is 2.48 bits per heavy atom. The maximum atomic E-state index is 10.5. The van der Waals surface area contributed by atoms with Crippen LogP contribution in [0.25, 0.3) is 0 Å². The van der Waals surface area contributed by atoms with Crippen LogP contribution in [-0.4, -0.2) is 44.2 Å². The van der Waals surface area contributed by atoms with Gasteiger partial charge in [0.1, 0.15) is 0 Å². The summed E-state index contributed by atoms with van der Waals surface area (Å²) in [5.74, 6) is -1.08. The van der Waals surface area contributed by atoms with Gasteiger partial charge in [0.05, 0.1) is 17.8 Å². The first-order chi connectivity index (χ1) is 12.6. The predicted molar refractivity (Wildman–Crippen MR) is 107 cm³/mol. The smallest absolute Gasteiger partial charge is 0.303 e. The Morgan fingerprint density at radius 1 is 1.15 bits per heavy atom. The van der Waals surface area contributed by atoms with E-state index in [-0.39, 0.29) is 18.3 Å². The molecule has 0 aromatic carbocycles. The molecule has 5 atom stereocenters. The number of unbranched alkanes of at least 4 members (excludes halogenated alkanes) is 1. The molecule has 0 heterocycles. The summed E-state index contributed by atoms with van der Waals surface area (Å²) in [6.07, 6.45) is 12.2. The lowest BCUT2D eigenvalue weighted by molar-refractivity contribution is -0.137. The highest BCUT2D eigenvalue weighted by Crippen LogP contribution is 2.37. The van der Waals surface area contributed by atoms with Gasteiger partial charge in [0.15, 0.2) is 0 Å². The first-order valence-electron chi connectivity index (χ1n) is 9.90. The number of carboxylic acid groups (broad SMARTS) is 1. The number of carbonyl (C=O) groups is 1. The summed E-state index contributed by atoms with van der Waals surface area (Å²) in [4.78, 5) is 10.5. The third-order valence-corrected chi connectivity index (χ3v) is 5.13. The van der Waals surface area contributed by atoms with Gasteiger partial charge in [0.25, 0.3) is 0 Å². The summed E-state index contributed by atoms with van der Waals surface area (Å²) in [7, 11) is 0. The summed E-state index contributed by atoms with van der Waals surface area (Å²) in [6.45, 7) is 5.82. The number of hydrogen-bond donors (Lipinski definition) is 4. The van der Waals surface area contributed by atoms with E-state index in [0.29, 0.717) is 32.1 Å². The van der Waals surface area contributed by atoms with E-state index in [0.717, 1.165) is 6.42 Å². The molecule has 0 aromatic rings. The van der Waals surface area contributed by atoms with Crippen LogP contribution < -0.4 is 0 Å². The van der Waals surface area contributed by atoms with E-state index in [9.17, 15) is 20.1 Å². The van der Waals surface area contributed by atoms with Crippen molar-refractivity contribution < 1.29 is 25.2 Å². The van der Waals surface area contributed by atoms with Crippen molar-refractivity contribution in [3.05, 3.63) is 36.0 Å². The van der Waals surface area contributed by atoms with Crippen molar-refractivity contribution in [2.24, 2.45) is 11.8 Å². The molecule has 1 saturated carbocycles. The molecule has 1 unspecified atom stereocenters. The lowest BCUT2D eigenvalue weighted by Gasteiger charge is -2.23. The topological polar surface area (TPSA) is 98.0 Å². The summed E-state index contributed by atoms with van der Waals surface area (Å²) in [5.41, 5.74) is 0.274. The number of hydrogen-bond acceptors (Lipinski definition) is 4. The molecule has 154 valence electrons. The van der Waals surface area contributed by atoms with Crippen LogP contribution in [0.3, 0.4) is 0 Å². The predicted octanol–water partition coefficient (Wildman–Crippen LogP) is 3.60. The van der Waals surface area contributed by atoms with Crippen molar-refractivity contribution in [2.75, 3.05) is 0 Å². The van der Waals surface area contributed by atoms with E-state index in [2.05, 4.69) is 6.08 Å². The Morgan fingerprint density at radius 2 is 1.85 bits per heavy atom. The molecule has 1 fully saturated rings. The van der Waals surface area contributed by atoms with Crippen molar-refractivity contribution in [3.8, 4) is 0 Å². The fourth-order valence-electron chi connectivity index (χ4n) is 3.50. The highest BCUT2D eigenvalue weighted by molar-refractivity contribution is 5.66. The molecule has 0 radical (unpaired) electrons. The molecule has 0 amide bonds. The number of allylic oxidation sites excluding steroid dienone is 4. The van der Waals surface area contributed by atoms with Crippen molar-refractivity contribution in [3.63, 3.8) is 0 Å². The van der Waals surface area contributed by atoms with Crippen molar-refractivity contribution >= 4 is 5.97 Å². The zero-order chi connectivity index (χ0) is 20.4. The standard InChI is InChI=1S/C22H36O5/c1-16(2)9-8-13-22(3,27)14-12-18-17(19(23)15-20(18)24)10-6-4-5-7-11-21(25)26/h4,6,9,12,14,17-20,23-24,27H,5,7-8,10-11,13,15H2,1-3H3,(H,25,26)/t17-,18-,19+,20-,22?/m1/s1. The van der Waals surface area contributed by atoms with E-state index in [1.54, 1.807) is 13.0 Å². The van der Waals surface area contributed by atoms with Gasteiger partial charge in [-0.15, -0.1) is 0 Å². The van der Waals surface area contributed by atoms with Crippen LogP contribution in [0, 0.1) is 11.8 Å². The molecule has 1 rings (SSSR count). The minimum absolute atomic E-state index is 0.0967. The lowest BCUT2D eigenvalue weighted by atomic mass is 9.88. The number of rotatable bonds is 11. The molecule has 4 N–H and O–H groups in total. The van der Waals surface area contributed by atoms with E-state index in [1.807, 2.05) is 32.1 Å². The summed E-state index contributed by atoms with van der Waals surface area (Å²) in [5, 5.41) is 39.7. The zero-order valence-corrected chi connectivity index (χ0v) is 16.8. The summed E-state index contributed by atoms with van der Waals surface area (Å²) < 4.78 is 0. The SMILES string of the molecule is CC(C)=CCCC(C)(O)C=C[C@@H]1[C@@H](CC=CCCCC(=O)O)[C@@H](O)C[C@H]1O. The van der Waals surface area contributed by atoms with E-state index in [1.165, 1.54) is 5.57 Å². The number of aliphatic hydroxyl groups is 3. The fraction of sp³-hybridized carbons (Fsp3) is 0.682. The average molecular weight is 381 g/mol. The first-order valence-corrected chi connectivity index (χ1v) is 9.90. The van der Waals surface area contributed by atoms with Crippen LogP contribution in [0.15, 0.2) is 36.0 Å². The van der Waals surface area contributed by atoms with Gasteiger partial charge < -0.3 is 20.4 Å². The maximum Gasteiger partial charge on any atom is 0.303 e. The molecule has 0 spiro atoms. The summed E-state index contributed by atoms with van der Waals surface area (Å²) >= 11 is 0. The molecule has 5 heteroatoms. The van der Waals surface area contributed by atoms with Crippen LogP contribution in [0.4, 0.5) is 0 Å². The first kappa shape index (κ1) is 23.6. The van der Waals surface area contributed by atoms with Gasteiger partial charge in [-0.2, -0.15) is 0 Å². The van der Waals surface area contributed by atoms with E-state index < -0.39 is 23.8 Å². The fourth-order valence-corrected chi connectivity index (χ4v) is 3.50. The van der Waals surface area contributed by atoms with Crippen molar-refractivity contribution in [1.82, 2.24) is 0 Å². The largest absolute Gasteiger partial charge is 0.481 e. The molecule has 0 aliphatic heterocycles. The second-order valence-electron chi connectivity index (χ2n) is 8.14. The highest BCUT2D eigenvalue weighted by Gasteiger charge is 2.39. The van der Waals surface area contributed by atoms with Crippen molar-refractivity contribution in [1.29, 1.82) is 0 Å². The minimum Gasteiger partial charge on any atom is -0.481 e. The second-order valence-corrected chi connectivity index (χ2v) is 8.14. The van der Waals surface area contributed by atoms with Crippen molar-refractivity contribution in [2.45, 2.75) is 83.5 Å². The zero-order valence-electron chi connectivity index (χ0n) is 16.8. The Kier molecular flexibility index (Phi) is 9.99. The third kappa shape index (κ3) is 9.36. The number of carboxylic acids is 1. The van der Waals surface area contributed by atoms with E-state index >= 15 is 0 Å². The normalized spacial score (nSPS) is 27.9. The van der Waals surface area contributed by atoms with Crippen LogP contribution in [0.5, 0.6) is 0 Å². The number of aliphatic carboxylic acids is 1. The molecule has 5 nitrogen and oxygen atoms in total.